The molecule has 0 aliphatic heterocycles. The zero-order chi connectivity index (χ0) is 12.7. The van der Waals surface area contributed by atoms with Gasteiger partial charge in [-0.25, -0.2) is 4.57 Å². The number of rotatable bonds is 9. The molecule has 0 saturated carbocycles. The molecular weight excluding hydrogens is 239 g/mol. The molecule has 0 rings (SSSR count). The lowest BCUT2D eigenvalue weighted by Gasteiger charge is -2.31. The smallest absolute Gasteiger partial charge is 0.326 e. The second kappa shape index (κ2) is 7.34. The van der Waals surface area contributed by atoms with Crippen molar-refractivity contribution in [2.45, 2.75) is 26.7 Å². The standard InChI is InChI=1S/C8H19O7P/c1-4-12-8(13-5-2,14-6-3)7-15-16(9,10)11/h4-7H2,1-3H3,(H2,9,10,11). The fraction of sp³-hybridized carbons (Fsp3) is 1.00. The summed E-state index contributed by atoms with van der Waals surface area (Å²) < 4.78 is 30.5. The molecule has 0 aliphatic rings. The molecule has 0 atom stereocenters. The summed E-state index contributed by atoms with van der Waals surface area (Å²) in [6.45, 7) is 5.45. The number of hydrogen-bond donors (Lipinski definition) is 2. The third-order valence-corrected chi connectivity index (χ3v) is 1.97. The van der Waals surface area contributed by atoms with Gasteiger partial charge in [-0.2, -0.15) is 0 Å². The Bertz CT molecular complexity index is 209. The molecule has 98 valence electrons. The van der Waals surface area contributed by atoms with Crippen LogP contribution in [0.5, 0.6) is 0 Å². The van der Waals surface area contributed by atoms with Crippen LogP contribution >= 0.6 is 7.82 Å². The maximum Gasteiger partial charge on any atom is 0.469 e. The molecule has 0 bridgehead atoms. The lowest BCUT2D eigenvalue weighted by Crippen LogP contribution is -2.43. The van der Waals surface area contributed by atoms with Crippen LogP contribution in [0.2, 0.25) is 0 Å². The average molecular weight is 258 g/mol. The highest BCUT2D eigenvalue weighted by molar-refractivity contribution is 7.46. The van der Waals surface area contributed by atoms with E-state index in [1.165, 1.54) is 0 Å². The van der Waals surface area contributed by atoms with Crippen LogP contribution < -0.4 is 0 Å². The maximum atomic E-state index is 10.6. The highest BCUT2D eigenvalue weighted by atomic mass is 31.2. The molecule has 0 heterocycles. The summed E-state index contributed by atoms with van der Waals surface area (Å²) in [4.78, 5) is 17.2. The van der Waals surface area contributed by atoms with Gasteiger partial charge in [-0.15, -0.1) is 0 Å². The Morgan fingerprint density at radius 1 is 1.00 bits per heavy atom. The third-order valence-electron chi connectivity index (χ3n) is 1.50. The second-order valence-electron chi connectivity index (χ2n) is 2.75. The third kappa shape index (κ3) is 6.55. The van der Waals surface area contributed by atoms with Gasteiger partial charge < -0.3 is 24.0 Å². The van der Waals surface area contributed by atoms with Crippen molar-refractivity contribution in [1.82, 2.24) is 0 Å². The van der Waals surface area contributed by atoms with Crippen LogP contribution in [0.25, 0.3) is 0 Å². The lowest BCUT2D eigenvalue weighted by atomic mass is 10.5. The molecule has 0 aromatic rings. The van der Waals surface area contributed by atoms with E-state index >= 15 is 0 Å². The predicted molar refractivity (Wildman–Crippen MR) is 55.6 cm³/mol. The van der Waals surface area contributed by atoms with Gasteiger partial charge in [0.05, 0.1) is 0 Å². The van der Waals surface area contributed by atoms with Crippen LogP contribution in [0.4, 0.5) is 0 Å². The van der Waals surface area contributed by atoms with Crippen LogP contribution in [0, 0.1) is 0 Å². The summed E-state index contributed by atoms with van der Waals surface area (Å²) in [6, 6.07) is 0. The monoisotopic (exact) mass is 258 g/mol. The molecule has 0 unspecified atom stereocenters. The molecule has 0 radical (unpaired) electrons. The molecule has 0 aliphatic carbocycles. The first-order valence-corrected chi connectivity index (χ1v) is 6.54. The van der Waals surface area contributed by atoms with Gasteiger partial charge in [-0.05, 0) is 20.8 Å². The fourth-order valence-electron chi connectivity index (χ4n) is 1.07. The van der Waals surface area contributed by atoms with E-state index in [2.05, 4.69) is 4.52 Å². The molecule has 16 heavy (non-hydrogen) atoms. The lowest BCUT2D eigenvalue weighted by molar-refractivity contribution is -0.385. The number of hydrogen-bond acceptors (Lipinski definition) is 5. The largest absolute Gasteiger partial charge is 0.469 e. The zero-order valence-electron chi connectivity index (χ0n) is 9.71. The quantitative estimate of drug-likeness (QED) is 0.467. The molecule has 0 amide bonds. The van der Waals surface area contributed by atoms with Crippen LogP contribution in [0.1, 0.15) is 20.8 Å². The Hall–Kier alpha value is -0.0100. The SMILES string of the molecule is CCOC(COP(=O)(O)O)(OCC)OCC. The van der Waals surface area contributed by atoms with E-state index < -0.39 is 20.4 Å². The van der Waals surface area contributed by atoms with Crippen molar-refractivity contribution in [3.05, 3.63) is 0 Å². The van der Waals surface area contributed by atoms with Crippen molar-refractivity contribution >= 4 is 7.82 Å². The highest BCUT2D eigenvalue weighted by Gasteiger charge is 2.36. The van der Waals surface area contributed by atoms with Crippen molar-refractivity contribution in [2.75, 3.05) is 26.4 Å². The average Bonchev–Trinajstić information content (AvgIpc) is 2.15. The Kier molecular flexibility index (Phi) is 7.34. The van der Waals surface area contributed by atoms with Crippen LogP contribution in [-0.2, 0) is 23.3 Å². The summed E-state index contributed by atoms with van der Waals surface area (Å²) >= 11 is 0. The topological polar surface area (TPSA) is 94.5 Å². The minimum Gasteiger partial charge on any atom is -0.326 e. The summed E-state index contributed by atoms with van der Waals surface area (Å²) in [5.41, 5.74) is 0. The summed E-state index contributed by atoms with van der Waals surface area (Å²) in [5, 5.41) is 0. The van der Waals surface area contributed by atoms with Gasteiger partial charge >= 0.3 is 13.8 Å². The van der Waals surface area contributed by atoms with E-state index in [4.69, 9.17) is 24.0 Å². The Morgan fingerprint density at radius 3 is 1.62 bits per heavy atom. The number of phosphoric ester groups is 1. The van der Waals surface area contributed by atoms with Gasteiger partial charge in [0.1, 0.15) is 6.61 Å². The summed E-state index contributed by atoms with van der Waals surface area (Å²) in [6.07, 6.45) is 0. The Labute approximate surface area is 94.9 Å². The van der Waals surface area contributed by atoms with E-state index in [1.807, 2.05) is 0 Å². The van der Waals surface area contributed by atoms with Crippen molar-refractivity contribution in [1.29, 1.82) is 0 Å². The van der Waals surface area contributed by atoms with E-state index in [1.54, 1.807) is 20.8 Å². The Balaban J connectivity index is 4.52. The minimum atomic E-state index is -4.57. The van der Waals surface area contributed by atoms with Crippen LogP contribution in [0.3, 0.4) is 0 Å². The molecule has 0 aromatic heterocycles. The minimum absolute atomic E-state index is 0.268. The normalized spacial score (nSPS) is 13.1. The molecule has 2 N–H and O–H groups in total. The molecule has 7 nitrogen and oxygen atoms in total. The number of ether oxygens (including phenoxy) is 3. The second-order valence-corrected chi connectivity index (χ2v) is 3.99. The molecule has 8 heteroatoms. The van der Waals surface area contributed by atoms with E-state index in [0.29, 0.717) is 0 Å². The summed E-state index contributed by atoms with van der Waals surface area (Å²) in [7, 11) is -4.57. The first kappa shape index (κ1) is 16.0. The highest BCUT2D eigenvalue weighted by Crippen LogP contribution is 2.37. The van der Waals surface area contributed by atoms with Gasteiger partial charge in [0.2, 0.25) is 0 Å². The molecular formula is C8H19O7P. The molecule has 0 aromatic carbocycles. The first-order chi connectivity index (χ1) is 7.39. The van der Waals surface area contributed by atoms with Crippen LogP contribution in [-0.4, -0.2) is 42.2 Å². The first-order valence-electron chi connectivity index (χ1n) is 5.01. The van der Waals surface area contributed by atoms with Gasteiger partial charge in [-0.1, -0.05) is 0 Å². The predicted octanol–water partition coefficient (Wildman–Crippen LogP) is 0.859. The van der Waals surface area contributed by atoms with E-state index in [9.17, 15) is 4.57 Å². The summed E-state index contributed by atoms with van der Waals surface area (Å²) in [5.74, 6) is -1.56. The van der Waals surface area contributed by atoms with Gasteiger partial charge in [-0.3, -0.25) is 4.52 Å². The van der Waals surface area contributed by atoms with E-state index in [0.717, 1.165) is 0 Å². The molecule has 0 spiro atoms. The fourth-order valence-corrected chi connectivity index (χ4v) is 1.40. The maximum absolute atomic E-state index is 10.6. The van der Waals surface area contributed by atoms with Gasteiger partial charge in [0.15, 0.2) is 0 Å². The van der Waals surface area contributed by atoms with Crippen molar-refractivity contribution in [3.63, 3.8) is 0 Å². The Morgan fingerprint density at radius 2 is 1.38 bits per heavy atom. The van der Waals surface area contributed by atoms with Crippen LogP contribution in [0.15, 0.2) is 0 Å². The zero-order valence-corrected chi connectivity index (χ0v) is 10.6. The van der Waals surface area contributed by atoms with Gasteiger partial charge in [0.25, 0.3) is 0 Å². The van der Waals surface area contributed by atoms with Crippen molar-refractivity contribution < 1.29 is 33.1 Å². The molecule has 0 fully saturated rings. The van der Waals surface area contributed by atoms with E-state index in [-0.39, 0.29) is 19.8 Å². The molecule has 0 saturated heterocycles. The number of phosphoric acid groups is 1. The van der Waals surface area contributed by atoms with Crippen molar-refractivity contribution in [3.8, 4) is 0 Å². The van der Waals surface area contributed by atoms with Crippen molar-refractivity contribution in [2.24, 2.45) is 0 Å². The van der Waals surface area contributed by atoms with Gasteiger partial charge in [0, 0.05) is 19.8 Å².